The summed E-state index contributed by atoms with van der Waals surface area (Å²) in [5, 5.41) is 13.3. The van der Waals surface area contributed by atoms with Crippen molar-refractivity contribution in [1.29, 1.82) is 0 Å². The van der Waals surface area contributed by atoms with Gasteiger partial charge in [-0.25, -0.2) is 4.98 Å². The van der Waals surface area contributed by atoms with Crippen molar-refractivity contribution in [2.45, 2.75) is 78.3 Å². The van der Waals surface area contributed by atoms with Gasteiger partial charge in [0.05, 0.1) is 17.1 Å². The van der Waals surface area contributed by atoms with E-state index in [0.717, 1.165) is 34.5 Å². The molecule has 8 heteroatoms. The van der Waals surface area contributed by atoms with E-state index in [9.17, 15) is 14.7 Å². The molecule has 0 bridgehead atoms. The van der Waals surface area contributed by atoms with E-state index in [1.807, 2.05) is 52.1 Å². The number of benzene rings is 1. The van der Waals surface area contributed by atoms with Crippen LogP contribution in [0.15, 0.2) is 35.3 Å². The first-order valence-corrected chi connectivity index (χ1v) is 12.2. The fraction of sp³-hybridized carbons (Fsp3) is 0.519. The maximum atomic E-state index is 12.6. The van der Waals surface area contributed by atoms with E-state index in [1.165, 1.54) is 12.8 Å². The Balaban J connectivity index is 1.65. The quantitative estimate of drug-likeness (QED) is 0.480. The van der Waals surface area contributed by atoms with Crippen LogP contribution < -0.4 is 10.9 Å². The van der Waals surface area contributed by atoms with E-state index in [-0.39, 0.29) is 5.56 Å². The highest BCUT2D eigenvalue weighted by molar-refractivity contribution is 5.81. The third kappa shape index (κ3) is 5.82. The number of carbonyl (C=O) groups is 1. The number of hydrogen-bond donors (Lipinski definition) is 2. The number of pyridine rings is 1. The van der Waals surface area contributed by atoms with Crippen molar-refractivity contribution in [3.05, 3.63) is 51.9 Å². The van der Waals surface area contributed by atoms with Gasteiger partial charge < -0.3 is 19.0 Å². The van der Waals surface area contributed by atoms with Crippen LogP contribution in [0.2, 0.25) is 0 Å². The van der Waals surface area contributed by atoms with Gasteiger partial charge in [0, 0.05) is 37.5 Å². The van der Waals surface area contributed by atoms with E-state index in [1.54, 1.807) is 18.5 Å². The number of fused-ring (bicyclic) bond motifs is 1. The lowest BCUT2D eigenvalue weighted by Gasteiger charge is -2.26. The van der Waals surface area contributed by atoms with Gasteiger partial charge in [-0.3, -0.25) is 14.9 Å². The highest BCUT2D eigenvalue weighted by Crippen LogP contribution is 2.34. The molecule has 2 aromatic heterocycles. The Kier molecular flexibility index (Phi) is 6.88. The second kappa shape index (κ2) is 9.59. The third-order valence-electron chi connectivity index (χ3n) is 6.24. The Bertz CT molecular complexity index is 1270. The van der Waals surface area contributed by atoms with Crippen LogP contribution in [-0.2, 0) is 29.7 Å². The summed E-state index contributed by atoms with van der Waals surface area (Å²) in [7, 11) is 1.76. The van der Waals surface area contributed by atoms with E-state index in [0.29, 0.717) is 18.0 Å². The molecule has 0 spiro atoms. The molecule has 1 aliphatic rings. The summed E-state index contributed by atoms with van der Waals surface area (Å²) >= 11 is 0. The SMILES string of the molecule is Cc1cc(-c2nc3ccc(CNC(C(=O)OC(C)(C)C)C(C)O)cc3n2CC2CC2)cn(C)c1=O. The summed E-state index contributed by atoms with van der Waals surface area (Å²) < 4.78 is 9.32. The highest BCUT2D eigenvalue weighted by atomic mass is 16.6. The van der Waals surface area contributed by atoms with Gasteiger partial charge in [-0.05, 0) is 77.1 Å². The van der Waals surface area contributed by atoms with Crippen molar-refractivity contribution in [2.75, 3.05) is 0 Å². The average Bonchev–Trinajstić information content (AvgIpc) is 3.50. The Morgan fingerprint density at radius 3 is 2.60 bits per heavy atom. The molecule has 2 heterocycles. The van der Waals surface area contributed by atoms with Gasteiger partial charge in [-0.2, -0.15) is 0 Å². The first-order chi connectivity index (χ1) is 16.4. The van der Waals surface area contributed by atoms with Crippen LogP contribution in [0, 0.1) is 12.8 Å². The fourth-order valence-electron chi connectivity index (χ4n) is 4.29. The summed E-state index contributed by atoms with van der Waals surface area (Å²) in [5.41, 5.74) is 3.84. The number of imidazole rings is 1. The number of aliphatic hydroxyl groups is 1. The van der Waals surface area contributed by atoms with Gasteiger partial charge in [0.25, 0.3) is 5.56 Å². The van der Waals surface area contributed by atoms with Crippen molar-refractivity contribution in [3.63, 3.8) is 0 Å². The summed E-state index contributed by atoms with van der Waals surface area (Å²) in [6, 6.07) is 7.13. The number of nitrogens with zero attached hydrogens (tertiary/aromatic N) is 3. The smallest absolute Gasteiger partial charge is 0.326 e. The molecule has 35 heavy (non-hydrogen) atoms. The lowest BCUT2D eigenvalue weighted by atomic mass is 10.1. The molecule has 0 radical (unpaired) electrons. The number of esters is 1. The van der Waals surface area contributed by atoms with E-state index < -0.39 is 23.7 Å². The number of carbonyl (C=O) groups excluding carboxylic acids is 1. The van der Waals surface area contributed by atoms with Crippen LogP contribution in [0.25, 0.3) is 22.4 Å². The molecule has 0 aliphatic heterocycles. The number of rotatable bonds is 8. The van der Waals surface area contributed by atoms with Gasteiger partial charge in [-0.1, -0.05) is 6.07 Å². The maximum absolute atomic E-state index is 12.6. The maximum Gasteiger partial charge on any atom is 0.326 e. The molecule has 0 amide bonds. The molecule has 4 rings (SSSR count). The molecule has 8 nitrogen and oxygen atoms in total. The van der Waals surface area contributed by atoms with Crippen molar-refractivity contribution in [1.82, 2.24) is 19.4 Å². The first kappa shape index (κ1) is 25.1. The van der Waals surface area contributed by atoms with Crippen LogP contribution in [0.3, 0.4) is 0 Å². The van der Waals surface area contributed by atoms with Crippen LogP contribution >= 0.6 is 0 Å². The molecule has 2 unspecified atom stereocenters. The van der Waals surface area contributed by atoms with Gasteiger partial charge >= 0.3 is 5.97 Å². The molecule has 1 aliphatic carbocycles. The van der Waals surface area contributed by atoms with Gasteiger partial charge in [-0.15, -0.1) is 0 Å². The second-order valence-electron chi connectivity index (χ2n) is 10.8. The largest absolute Gasteiger partial charge is 0.459 e. The van der Waals surface area contributed by atoms with Crippen LogP contribution in [0.1, 0.15) is 51.7 Å². The minimum Gasteiger partial charge on any atom is -0.459 e. The van der Waals surface area contributed by atoms with Crippen molar-refractivity contribution in [3.8, 4) is 11.4 Å². The number of ether oxygens (including phenoxy) is 1. The fourth-order valence-corrected chi connectivity index (χ4v) is 4.29. The molecule has 3 aromatic rings. The van der Waals surface area contributed by atoms with Crippen LogP contribution in [0.4, 0.5) is 0 Å². The first-order valence-electron chi connectivity index (χ1n) is 12.2. The summed E-state index contributed by atoms with van der Waals surface area (Å²) in [6.07, 6.45) is 3.36. The monoisotopic (exact) mass is 480 g/mol. The number of aromatic nitrogens is 3. The van der Waals surface area contributed by atoms with E-state index in [4.69, 9.17) is 9.72 Å². The summed E-state index contributed by atoms with van der Waals surface area (Å²) in [5.74, 6) is 1.01. The van der Waals surface area contributed by atoms with Gasteiger partial charge in [0.1, 0.15) is 17.5 Å². The molecule has 0 saturated heterocycles. The van der Waals surface area contributed by atoms with Crippen molar-refractivity contribution in [2.24, 2.45) is 13.0 Å². The Labute approximate surface area is 205 Å². The zero-order valence-corrected chi connectivity index (χ0v) is 21.5. The normalized spacial score (nSPS) is 15.9. The van der Waals surface area contributed by atoms with Crippen LogP contribution in [-0.4, -0.2) is 42.9 Å². The molecule has 188 valence electrons. The number of aryl methyl sites for hydroxylation is 2. The molecule has 2 N–H and O–H groups in total. The van der Waals surface area contributed by atoms with Crippen molar-refractivity contribution >= 4 is 17.0 Å². The number of hydrogen-bond acceptors (Lipinski definition) is 6. The predicted octanol–water partition coefficient (Wildman–Crippen LogP) is 3.30. The average molecular weight is 481 g/mol. The minimum absolute atomic E-state index is 0.00961. The Morgan fingerprint density at radius 2 is 2.00 bits per heavy atom. The summed E-state index contributed by atoms with van der Waals surface area (Å²) in [4.78, 5) is 29.7. The highest BCUT2D eigenvalue weighted by Gasteiger charge is 2.29. The molecule has 1 aromatic carbocycles. The van der Waals surface area contributed by atoms with Gasteiger partial charge in [0.2, 0.25) is 0 Å². The topological polar surface area (TPSA) is 98.4 Å². The number of aliphatic hydroxyl groups excluding tert-OH is 1. The lowest BCUT2D eigenvalue weighted by Crippen LogP contribution is -2.47. The lowest BCUT2D eigenvalue weighted by molar-refractivity contribution is -0.160. The zero-order valence-electron chi connectivity index (χ0n) is 21.5. The summed E-state index contributed by atoms with van der Waals surface area (Å²) in [6.45, 7) is 10.1. The zero-order chi connectivity index (χ0) is 25.5. The number of nitrogens with one attached hydrogen (secondary N) is 1. The van der Waals surface area contributed by atoms with E-state index in [2.05, 4.69) is 16.0 Å². The van der Waals surface area contributed by atoms with Crippen LogP contribution in [0.5, 0.6) is 0 Å². The van der Waals surface area contributed by atoms with Crippen molar-refractivity contribution < 1.29 is 14.6 Å². The standard InChI is InChI=1S/C27H36N4O4/c1-16-11-20(15-30(6)25(16)33)24-29-21-10-9-19(12-22(21)31(24)14-18-7-8-18)13-28-23(17(2)32)26(34)35-27(3,4)5/h9-12,15,17-18,23,28,32H,7-8,13-14H2,1-6H3. The molecule has 1 saturated carbocycles. The third-order valence-corrected chi connectivity index (χ3v) is 6.24. The van der Waals surface area contributed by atoms with E-state index >= 15 is 0 Å². The predicted molar refractivity (Wildman–Crippen MR) is 136 cm³/mol. The second-order valence-corrected chi connectivity index (χ2v) is 10.8. The molecular formula is C27H36N4O4. The minimum atomic E-state index is -0.895. The molecule has 1 fully saturated rings. The molecule has 2 atom stereocenters. The van der Waals surface area contributed by atoms with Gasteiger partial charge in [0.15, 0.2) is 0 Å². The molecular weight excluding hydrogens is 444 g/mol. The Morgan fingerprint density at radius 1 is 1.29 bits per heavy atom. The Hall–Kier alpha value is -2.97.